The van der Waals surface area contributed by atoms with E-state index in [1.54, 1.807) is 0 Å². The SMILES string of the molecule is O=C(C(=O)N1CCCC(C(F)(F)F)C1)N1CCNCC1. The van der Waals surface area contributed by atoms with Crippen LogP contribution >= 0.6 is 0 Å². The number of nitrogens with zero attached hydrogens (tertiary/aromatic N) is 2. The highest BCUT2D eigenvalue weighted by molar-refractivity contribution is 6.34. The number of likely N-dealkylation sites (tertiary alicyclic amines) is 1. The van der Waals surface area contributed by atoms with E-state index >= 15 is 0 Å². The Morgan fingerprint density at radius 1 is 1.00 bits per heavy atom. The molecule has 1 N–H and O–H groups in total. The largest absolute Gasteiger partial charge is 0.393 e. The summed E-state index contributed by atoms with van der Waals surface area (Å²) >= 11 is 0. The van der Waals surface area contributed by atoms with Gasteiger partial charge in [-0.15, -0.1) is 0 Å². The Hall–Kier alpha value is -1.31. The Morgan fingerprint density at radius 2 is 1.60 bits per heavy atom. The molecule has 0 bridgehead atoms. The Balaban J connectivity index is 1.96. The molecule has 5 nitrogen and oxygen atoms in total. The van der Waals surface area contributed by atoms with Gasteiger partial charge in [-0.2, -0.15) is 13.2 Å². The van der Waals surface area contributed by atoms with Gasteiger partial charge in [0.15, 0.2) is 0 Å². The van der Waals surface area contributed by atoms with Crippen molar-refractivity contribution in [2.45, 2.75) is 19.0 Å². The highest BCUT2D eigenvalue weighted by Gasteiger charge is 2.43. The number of rotatable bonds is 0. The van der Waals surface area contributed by atoms with Crippen LogP contribution in [0.15, 0.2) is 0 Å². The van der Waals surface area contributed by atoms with Gasteiger partial charge in [-0.1, -0.05) is 0 Å². The summed E-state index contributed by atoms with van der Waals surface area (Å²) in [6.07, 6.45) is -4.00. The number of halogens is 3. The number of carbonyl (C=O) groups is 2. The lowest BCUT2D eigenvalue weighted by Gasteiger charge is -2.35. The highest BCUT2D eigenvalue weighted by Crippen LogP contribution is 2.33. The van der Waals surface area contributed by atoms with Gasteiger partial charge >= 0.3 is 18.0 Å². The van der Waals surface area contributed by atoms with E-state index in [9.17, 15) is 22.8 Å². The van der Waals surface area contributed by atoms with Gasteiger partial charge in [0.25, 0.3) is 0 Å². The van der Waals surface area contributed by atoms with Crippen molar-refractivity contribution in [3.05, 3.63) is 0 Å². The summed E-state index contributed by atoms with van der Waals surface area (Å²) < 4.78 is 38.1. The second kappa shape index (κ2) is 5.99. The van der Waals surface area contributed by atoms with Crippen LogP contribution in [0.1, 0.15) is 12.8 Å². The Kier molecular flexibility index (Phi) is 4.52. The number of hydrogen-bond donors (Lipinski definition) is 1. The molecule has 0 aromatic carbocycles. The maximum Gasteiger partial charge on any atom is 0.393 e. The lowest BCUT2D eigenvalue weighted by molar-refractivity contribution is -0.189. The van der Waals surface area contributed by atoms with Gasteiger partial charge in [-0.05, 0) is 12.8 Å². The molecule has 0 radical (unpaired) electrons. The molecule has 2 aliphatic heterocycles. The molecule has 0 spiro atoms. The molecule has 2 aliphatic rings. The fourth-order valence-corrected chi connectivity index (χ4v) is 2.57. The van der Waals surface area contributed by atoms with Crippen LogP contribution in [0.5, 0.6) is 0 Å². The van der Waals surface area contributed by atoms with Crippen molar-refractivity contribution in [1.82, 2.24) is 15.1 Å². The van der Waals surface area contributed by atoms with Crippen molar-refractivity contribution in [1.29, 1.82) is 0 Å². The van der Waals surface area contributed by atoms with Gasteiger partial charge in [0.2, 0.25) is 0 Å². The zero-order chi connectivity index (χ0) is 14.8. The zero-order valence-electron chi connectivity index (χ0n) is 11.1. The minimum Gasteiger partial charge on any atom is -0.334 e. The van der Waals surface area contributed by atoms with E-state index in [4.69, 9.17) is 0 Å². The van der Waals surface area contributed by atoms with E-state index in [1.165, 1.54) is 4.90 Å². The Morgan fingerprint density at radius 3 is 2.20 bits per heavy atom. The molecule has 114 valence electrons. The number of nitrogens with one attached hydrogen (secondary N) is 1. The molecule has 1 unspecified atom stereocenters. The monoisotopic (exact) mass is 293 g/mol. The van der Waals surface area contributed by atoms with Crippen LogP contribution in [0.4, 0.5) is 13.2 Å². The first kappa shape index (κ1) is 15.1. The maximum atomic E-state index is 12.7. The number of carbonyl (C=O) groups excluding carboxylic acids is 2. The molecule has 1 atom stereocenters. The first-order valence-corrected chi connectivity index (χ1v) is 6.75. The lowest BCUT2D eigenvalue weighted by atomic mass is 9.97. The van der Waals surface area contributed by atoms with Crippen LogP contribution in [-0.2, 0) is 9.59 Å². The van der Waals surface area contributed by atoms with Crippen LogP contribution in [0.25, 0.3) is 0 Å². The topological polar surface area (TPSA) is 52.7 Å². The summed E-state index contributed by atoms with van der Waals surface area (Å²) in [6, 6.07) is 0. The van der Waals surface area contributed by atoms with Crippen molar-refractivity contribution in [3.63, 3.8) is 0 Å². The standard InChI is InChI=1S/C12H18F3N3O2/c13-12(14,15)9-2-1-5-18(8-9)11(20)10(19)17-6-3-16-4-7-17/h9,16H,1-8H2. The fraction of sp³-hybridized carbons (Fsp3) is 0.833. The third-order valence-corrected chi connectivity index (χ3v) is 3.76. The van der Waals surface area contributed by atoms with Gasteiger partial charge in [0.05, 0.1) is 5.92 Å². The van der Waals surface area contributed by atoms with Crippen LogP contribution in [-0.4, -0.2) is 67.1 Å². The average molecular weight is 293 g/mol. The lowest BCUT2D eigenvalue weighted by Crippen LogP contribution is -2.54. The molecule has 2 fully saturated rings. The van der Waals surface area contributed by atoms with Crippen molar-refractivity contribution >= 4 is 11.8 Å². The number of hydrogen-bond acceptors (Lipinski definition) is 3. The number of piperazine rings is 1. The van der Waals surface area contributed by atoms with Crippen LogP contribution in [0, 0.1) is 5.92 Å². The van der Waals surface area contributed by atoms with Crippen molar-refractivity contribution in [2.75, 3.05) is 39.3 Å². The molecule has 2 saturated heterocycles. The van der Waals surface area contributed by atoms with E-state index in [-0.39, 0.29) is 19.4 Å². The number of alkyl halides is 3. The van der Waals surface area contributed by atoms with Gasteiger partial charge in [0.1, 0.15) is 0 Å². The quantitative estimate of drug-likeness (QED) is 0.650. The molecular formula is C12H18F3N3O2. The molecule has 2 rings (SSSR count). The van der Waals surface area contributed by atoms with E-state index in [0.29, 0.717) is 26.2 Å². The summed E-state index contributed by atoms with van der Waals surface area (Å²) in [5.74, 6) is -3.01. The second-order valence-electron chi connectivity index (χ2n) is 5.17. The highest BCUT2D eigenvalue weighted by atomic mass is 19.4. The molecule has 0 aliphatic carbocycles. The summed E-state index contributed by atoms with van der Waals surface area (Å²) in [4.78, 5) is 26.4. The summed E-state index contributed by atoms with van der Waals surface area (Å²) in [5, 5.41) is 3.05. The fourth-order valence-electron chi connectivity index (χ4n) is 2.57. The third kappa shape index (κ3) is 3.41. The summed E-state index contributed by atoms with van der Waals surface area (Å²) in [5.41, 5.74) is 0. The van der Waals surface area contributed by atoms with Gasteiger partial charge < -0.3 is 15.1 Å². The molecule has 0 aromatic rings. The first-order chi connectivity index (χ1) is 9.39. The molecule has 2 amide bonds. The minimum atomic E-state index is -4.31. The normalized spacial score (nSPS) is 24.6. The molecular weight excluding hydrogens is 275 g/mol. The minimum absolute atomic E-state index is 0.0229. The first-order valence-electron chi connectivity index (χ1n) is 6.75. The van der Waals surface area contributed by atoms with Gasteiger partial charge in [-0.3, -0.25) is 9.59 Å². The van der Waals surface area contributed by atoms with Gasteiger partial charge in [0, 0.05) is 39.3 Å². The van der Waals surface area contributed by atoms with E-state index in [1.807, 2.05) is 0 Å². The summed E-state index contributed by atoms with van der Waals surface area (Å²) in [6.45, 7) is 1.86. The molecule has 8 heteroatoms. The Bertz CT molecular complexity index is 381. The maximum absolute atomic E-state index is 12.7. The molecule has 0 aromatic heterocycles. The van der Waals surface area contributed by atoms with Crippen molar-refractivity contribution in [3.8, 4) is 0 Å². The average Bonchev–Trinajstić information content (AvgIpc) is 2.46. The smallest absolute Gasteiger partial charge is 0.334 e. The predicted molar refractivity (Wildman–Crippen MR) is 64.8 cm³/mol. The summed E-state index contributed by atoms with van der Waals surface area (Å²) in [7, 11) is 0. The molecule has 0 saturated carbocycles. The number of amides is 2. The van der Waals surface area contributed by atoms with E-state index in [2.05, 4.69) is 5.32 Å². The predicted octanol–water partition coefficient (Wildman–Crippen LogP) is 0.219. The van der Waals surface area contributed by atoms with E-state index in [0.717, 1.165) is 4.90 Å². The zero-order valence-corrected chi connectivity index (χ0v) is 11.1. The van der Waals surface area contributed by atoms with Crippen LogP contribution in [0.2, 0.25) is 0 Å². The third-order valence-electron chi connectivity index (χ3n) is 3.76. The van der Waals surface area contributed by atoms with Crippen molar-refractivity contribution < 1.29 is 22.8 Å². The Labute approximate surface area is 115 Å². The van der Waals surface area contributed by atoms with Crippen LogP contribution in [0.3, 0.4) is 0 Å². The number of piperidine rings is 1. The molecule has 2 heterocycles. The van der Waals surface area contributed by atoms with Gasteiger partial charge in [-0.25, -0.2) is 0 Å². The van der Waals surface area contributed by atoms with Crippen LogP contribution < -0.4 is 5.32 Å². The van der Waals surface area contributed by atoms with Crippen molar-refractivity contribution in [2.24, 2.45) is 5.92 Å². The van der Waals surface area contributed by atoms with E-state index < -0.39 is 30.5 Å². The molecule has 20 heavy (non-hydrogen) atoms. The second-order valence-corrected chi connectivity index (χ2v) is 5.17.